The molecule has 0 saturated heterocycles. The average molecular weight is 316 g/mol. The first-order valence-electron chi connectivity index (χ1n) is 7.32. The maximum atomic E-state index is 13.1. The Kier molecular flexibility index (Phi) is 4.43. The highest BCUT2D eigenvalue weighted by Gasteiger charge is 2.18. The quantitative estimate of drug-likeness (QED) is 0.920. The Morgan fingerprint density at radius 3 is 2.61 bits per heavy atom. The first-order valence-corrected chi connectivity index (χ1v) is 7.32. The molecule has 1 aliphatic rings. The molecule has 1 amide bonds. The lowest BCUT2D eigenvalue weighted by Crippen LogP contribution is -2.31. The Bertz CT molecular complexity index is 703. The van der Waals surface area contributed by atoms with Gasteiger partial charge in [0.05, 0.1) is 6.54 Å². The molecule has 2 aromatic carbocycles. The predicted octanol–water partition coefficient (Wildman–Crippen LogP) is 2.44. The zero-order chi connectivity index (χ0) is 16.2. The minimum atomic E-state index is -0.344. The summed E-state index contributed by atoms with van der Waals surface area (Å²) >= 11 is 0. The van der Waals surface area contributed by atoms with Gasteiger partial charge in [0.2, 0.25) is 12.7 Å². The lowest BCUT2D eigenvalue weighted by molar-refractivity contribution is -0.118. The monoisotopic (exact) mass is 316 g/mol. The minimum Gasteiger partial charge on any atom is -0.454 e. The maximum Gasteiger partial charge on any atom is 0.231 e. The van der Waals surface area contributed by atoms with Gasteiger partial charge in [-0.3, -0.25) is 4.79 Å². The lowest BCUT2D eigenvalue weighted by Gasteiger charge is -2.23. The van der Waals surface area contributed by atoms with Crippen LogP contribution in [0.25, 0.3) is 0 Å². The Labute approximate surface area is 133 Å². The number of hydrogen-bond donors (Lipinski definition) is 1. The summed E-state index contributed by atoms with van der Waals surface area (Å²) in [6, 6.07) is 11.4. The second-order valence-electron chi connectivity index (χ2n) is 5.18. The zero-order valence-electron chi connectivity index (χ0n) is 12.5. The molecule has 120 valence electrons. The lowest BCUT2D eigenvalue weighted by atomic mass is 10.1. The summed E-state index contributed by atoms with van der Waals surface area (Å²) in [6.07, 6.45) is 0.224. The molecule has 0 atom stereocenters. The highest BCUT2D eigenvalue weighted by Crippen LogP contribution is 2.33. The van der Waals surface area contributed by atoms with Crippen molar-refractivity contribution in [3.8, 4) is 11.5 Å². The van der Waals surface area contributed by atoms with Crippen LogP contribution >= 0.6 is 0 Å². The summed E-state index contributed by atoms with van der Waals surface area (Å²) in [5, 5.41) is 0. The van der Waals surface area contributed by atoms with Crippen molar-refractivity contribution in [2.24, 2.45) is 5.73 Å². The first kappa shape index (κ1) is 15.3. The zero-order valence-corrected chi connectivity index (χ0v) is 12.5. The van der Waals surface area contributed by atoms with Crippen LogP contribution in [0.3, 0.4) is 0 Å². The van der Waals surface area contributed by atoms with Crippen LogP contribution in [0.4, 0.5) is 10.1 Å². The van der Waals surface area contributed by atoms with Crippen LogP contribution < -0.4 is 20.1 Å². The molecule has 0 radical (unpaired) electrons. The fourth-order valence-electron chi connectivity index (χ4n) is 2.42. The van der Waals surface area contributed by atoms with E-state index in [2.05, 4.69) is 0 Å². The molecular formula is C17H17FN2O3. The minimum absolute atomic E-state index is 0.114. The topological polar surface area (TPSA) is 64.8 Å². The van der Waals surface area contributed by atoms with Crippen molar-refractivity contribution in [1.82, 2.24) is 0 Å². The fourth-order valence-corrected chi connectivity index (χ4v) is 2.42. The van der Waals surface area contributed by atoms with E-state index < -0.39 is 0 Å². The van der Waals surface area contributed by atoms with Crippen LogP contribution in [0, 0.1) is 5.82 Å². The standard InChI is InChI=1S/C17H17FN2O3/c18-13-2-4-14(5-3-13)20(17(21)7-8-19)10-12-1-6-15-16(9-12)23-11-22-15/h1-6,9H,7-8,10-11,19H2. The van der Waals surface area contributed by atoms with E-state index in [4.69, 9.17) is 15.2 Å². The van der Waals surface area contributed by atoms with Gasteiger partial charge in [-0.25, -0.2) is 4.39 Å². The third-order valence-electron chi connectivity index (χ3n) is 3.58. The number of fused-ring (bicyclic) bond motifs is 1. The molecule has 0 unspecified atom stereocenters. The normalized spacial score (nSPS) is 12.3. The molecular weight excluding hydrogens is 299 g/mol. The van der Waals surface area contributed by atoms with Gasteiger partial charge >= 0.3 is 0 Å². The van der Waals surface area contributed by atoms with E-state index in [0.29, 0.717) is 23.7 Å². The molecule has 6 heteroatoms. The summed E-state index contributed by atoms with van der Waals surface area (Å²) < 4.78 is 23.8. The molecule has 5 nitrogen and oxygen atoms in total. The van der Waals surface area contributed by atoms with Crippen LogP contribution in [0.5, 0.6) is 11.5 Å². The number of hydrogen-bond acceptors (Lipinski definition) is 4. The van der Waals surface area contributed by atoms with Crippen LogP contribution in [-0.2, 0) is 11.3 Å². The third kappa shape index (κ3) is 3.43. The van der Waals surface area contributed by atoms with Gasteiger partial charge < -0.3 is 20.1 Å². The van der Waals surface area contributed by atoms with Crippen molar-refractivity contribution in [1.29, 1.82) is 0 Å². The van der Waals surface area contributed by atoms with E-state index in [1.807, 2.05) is 18.2 Å². The predicted molar refractivity (Wildman–Crippen MR) is 83.8 cm³/mol. The van der Waals surface area contributed by atoms with Gasteiger partial charge in [0.1, 0.15) is 5.82 Å². The largest absolute Gasteiger partial charge is 0.454 e. The highest BCUT2D eigenvalue weighted by atomic mass is 19.1. The second kappa shape index (κ2) is 6.66. The average Bonchev–Trinajstić information content (AvgIpc) is 3.01. The molecule has 0 aliphatic carbocycles. The number of carbonyl (C=O) groups excluding carboxylic acids is 1. The van der Waals surface area contributed by atoms with E-state index in [9.17, 15) is 9.18 Å². The summed E-state index contributed by atoms with van der Waals surface area (Å²) in [5.41, 5.74) is 7.01. The van der Waals surface area contributed by atoms with Gasteiger partial charge in [-0.05, 0) is 42.0 Å². The van der Waals surface area contributed by atoms with Gasteiger partial charge in [-0.15, -0.1) is 0 Å². The molecule has 1 heterocycles. The Balaban J connectivity index is 1.86. The van der Waals surface area contributed by atoms with E-state index in [1.54, 1.807) is 17.0 Å². The molecule has 2 N–H and O–H groups in total. The van der Waals surface area contributed by atoms with E-state index >= 15 is 0 Å². The van der Waals surface area contributed by atoms with Crippen molar-refractivity contribution in [2.75, 3.05) is 18.2 Å². The van der Waals surface area contributed by atoms with Gasteiger partial charge in [-0.2, -0.15) is 0 Å². The van der Waals surface area contributed by atoms with Crippen molar-refractivity contribution < 1.29 is 18.7 Å². The molecule has 2 aromatic rings. The number of anilines is 1. The third-order valence-corrected chi connectivity index (χ3v) is 3.58. The summed E-state index contributed by atoms with van der Waals surface area (Å²) in [4.78, 5) is 14.0. The number of rotatable bonds is 5. The molecule has 23 heavy (non-hydrogen) atoms. The van der Waals surface area contributed by atoms with E-state index in [0.717, 1.165) is 5.56 Å². The number of benzene rings is 2. The molecule has 0 saturated carbocycles. The second-order valence-corrected chi connectivity index (χ2v) is 5.18. The van der Waals surface area contributed by atoms with Crippen LogP contribution in [0.1, 0.15) is 12.0 Å². The molecule has 1 aliphatic heterocycles. The number of halogens is 1. The Morgan fingerprint density at radius 1 is 1.13 bits per heavy atom. The molecule has 0 fully saturated rings. The van der Waals surface area contributed by atoms with Gasteiger partial charge in [-0.1, -0.05) is 6.07 Å². The van der Waals surface area contributed by atoms with Crippen LogP contribution in [0.2, 0.25) is 0 Å². The van der Waals surface area contributed by atoms with Crippen LogP contribution in [-0.4, -0.2) is 19.2 Å². The van der Waals surface area contributed by atoms with Gasteiger partial charge in [0, 0.05) is 18.7 Å². The summed E-state index contributed by atoms with van der Waals surface area (Å²) in [7, 11) is 0. The van der Waals surface area contributed by atoms with E-state index in [1.165, 1.54) is 12.1 Å². The molecule has 0 aromatic heterocycles. The number of nitrogens with two attached hydrogens (primary N) is 1. The molecule has 3 rings (SSSR count). The van der Waals surface area contributed by atoms with Crippen molar-refractivity contribution in [2.45, 2.75) is 13.0 Å². The molecule has 0 bridgehead atoms. The van der Waals surface area contributed by atoms with Gasteiger partial charge in [0.25, 0.3) is 0 Å². The number of carbonyl (C=O) groups is 1. The Morgan fingerprint density at radius 2 is 1.87 bits per heavy atom. The number of nitrogens with zero attached hydrogens (tertiary/aromatic N) is 1. The Hall–Kier alpha value is -2.60. The summed E-state index contributed by atoms with van der Waals surface area (Å²) in [6.45, 7) is 0.811. The SMILES string of the molecule is NCCC(=O)N(Cc1ccc2c(c1)OCO2)c1ccc(F)cc1. The highest BCUT2D eigenvalue weighted by molar-refractivity contribution is 5.93. The number of amides is 1. The number of ether oxygens (including phenoxy) is 2. The van der Waals surface area contributed by atoms with Crippen molar-refractivity contribution >= 4 is 11.6 Å². The summed E-state index contributed by atoms with van der Waals surface area (Å²) in [5.74, 6) is 0.892. The fraction of sp³-hybridized carbons (Fsp3) is 0.235. The van der Waals surface area contributed by atoms with E-state index in [-0.39, 0.29) is 31.5 Å². The van der Waals surface area contributed by atoms with Crippen LogP contribution in [0.15, 0.2) is 42.5 Å². The van der Waals surface area contributed by atoms with Gasteiger partial charge in [0.15, 0.2) is 11.5 Å². The maximum absolute atomic E-state index is 13.1. The smallest absolute Gasteiger partial charge is 0.231 e. The van der Waals surface area contributed by atoms with Crippen molar-refractivity contribution in [3.05, 3.63) is 53.8 Å². The van der Waals surface area contributed by atoms with Crippen molar-refractivity contribution in [3.63, 3.8) is 0 Å². The first-order chi connectivity index (χ1) is 11.2. The molecule has 0 spiro atoms.